The van der Waals surface area contributed by atoms with E-state index in [4.69, 9.17) is 11.6 Å². The van der Waals surface area contributed by atoms with E-state index in [-0.39, 0.29) is 16.5 Å². The summed E-state index contributed by atoms with van der Waals surface area (Å²) in [6.07, 6.45) is 4.28. The Kier molecular flexibility index (Phi) is 3.56. The molecule has 1 fully saturated rings. The fourth-order valence-electron chi connectivity index (χ4n) is 2.13. The molecule has 1 aliphatic rings. The summed E-state index contributed by atoms with van der Waals surface area (Å²) in [4.78, 5) is 0. The summed E-state index contributed by atoms with van der Waals surface area (Å²) >= 11 is 5.70. The van der Waals surface area contributed by atoms with Gasteiger partial charge in [0.2, 0.25) is 0 Å². The molecular formula is C12H16ClNO2. The predicted molar refractivity (Wildman–Crippen MR) is 64.1 cm³/mol. The second-order valence-corrected chi connectivity index (χ2v) is 4.66. The summed E-state index contributed by atoms with van der Waals surface area (Å²) in [6, 6.07) is 3.78. The van der Waals surface area contributed by atoms with Crippen LogP contribution in [0.5, 0.6) is 11.5 Å². The second kappa shape index (κ2) is 4.93. The third kappa shape index (κ3) is 2.42. The van der Waals surface area contributed by atoms with Gasteiger partial charge in [0.15, 0.2) is 11.5 Å². The van der Waals surface area contributed by atoms with E-state index in [0.717, 1.165) is 24.9 Å². The number of hydrogen-bond donors (Lipinski definition) is 3. The molecule has 1 aromatic rings. The van der Waals surface area contributed by atoms with Gasteiger partial charge in [-0.15, -0.1) is 0 Å². The minimum absolute atomic E-state index is 0.0835. The van der Waals surface area contributed by atoms with Crippen LogP contribution in [-0.4, -0.2) is 22.8 Å². The van der Waals surface area contributed by atoms with Crippen molar-refractivity contribution >= 4 is 11.6 Å². The number of halogens is 1. The van der Waals surface area contributed by atoms with Gasteiger partial charge in [0, 0.05) is 6.04 Å². The molecule has 88 valence electrons. The summed E-state index contributed by atoms with van der Waals surface area (Å²) in [5.41, 5.74) is 0.751. The predicted octanol–water partition coefficient (Wildman–Crippen LogP) is 2.44. The Morgan fingerprint density at radius 1 is 1.25 bits per heavy atom. The first-order chi connectivity index (χ1) is 7.68. The van der Waals surface area contributed by atoms with Crippen molar-refractivity contribution in [2.24, 2.45) is 0 Å². The Hall–Kier alpha value is -0.930. The summed E-state index contributed by atoms with van der Waals surface area (Å²) in [5.74, 6) is -0.296. The lowest BCUT2D eigenvalue weighted by molar-refractivity contribution is 0.378. The van der Waals surface area contributed by atoms with E-state index < -0.39 is 0 Å². The van der Waals surface area contributed by atoms with Crippen LogP contribution >= 0.6 is 11.6 Å². The fraction of sp³-hybridized carbons (Fsp3) is 0.500. The van der Waals surface area contributed by atoms with Gasteiger partial charge >= 0.3 is 0 Å². The Morgan fingerprint density at radius 2 is 2.06 bits per heavy atom. The number of piperidine rings is 1. The average molecular weight is 242 g/mol. The Labute approximate surface area is 100 Å². The normalized spacial score (nSPS) is 20.9. The first-order valence-electron chi connectivity index (χ1n) is 5.61. The quantitative estimate of drug-likeness (QED) is 0.697. The van der Waals surface area contributed by atoms with Crippen molar-refractivity contribution in [3.05, 3.63) is 22.7 Å². The lowest BCUT2D eigenvalue weighted by Crippen LogP contribution is -2.35. The Morgan fingerprint density at radius 3 is 2.75 bits per heavy atom. The molecule has 16 heavy (non-hydrogen) atoms. The van der Waals surface area contributed by atoms with Gasteiger partial charge in [-0.1, -0.05) is 24.1 Å². The number of hydrogen-bond acceptors (Lipinski definition) is 3. The third-order valence-electron chi connectivity index (χ3n) is 3.06. The number of nitrogens with one attached hydrogen (secondary N) is 1. The van der Waals surface area contributed by atoms with Crippen LogP contribution in [0.15, 0.2) is 12.1 Å². The first-order valence-corrected chi connectivity index (χ1v) is 5.99. The molecular weight excluding hydrogens is 226 g/mol. The number of rotatable bonds is 2. The van der Waals surface area contributed by atoms with Crippen LogP contribution < -0.4 is 5.32 Å². The van der Waals surface area contributed by atoms with E-state index in [1.165, 1.54) is 12.8 Å². The number of aromatic hydroxyl groups is 2. The van der Waals surface area contributed by atoms with Gasteiger partial charge < -0.3 is 15.5 Å². The molecule has 3 N–H and O–H groups in total. The molecule has 1 atom stereocenters. The molecule has 1 aliphatic heterocycles. The minimum Gasteiger partial charge on any atom is -0.504 e. The maximum atomic E-state index is 9.75. The van der Waals surface area contributed by atoms with Gasteiger partial charge in [-0.25, -0.2) is 0 Å². The third-order valence-corrected chi connectivity index (χ3v) is 3.37. The van der Waals surface area contributed by atoms with Crippen LogP contribution in [0.4, 0.5) is 0 Å². The zero-order valence-corrected chi connectivity index (χ0v) is 9.80. The fourth-order valence-corrected chi connectivity index (χ4v) is 2.28. The van der Waals surface area contributed by atoms with Crippen molar-refractivity contribution in [3.63, 3.8) is 0 Å². The summed E-state index contributed by atoms with van der Waals surface area (Å²) in [6.45, 7) is 1.03. The van der Waals surface area contributed by atoms with Crippen molar-refractivity contribution in [1.82, 2.24) is 5.32 Å². The second-order valence-electron chi connectivity index (χ2n) is 4.25. The zero-order valence-electron chi connectivity index (χ0n) is 9.04. The topological polar surface area (TPSA) is 52.5 Å². The van der Waals surface area contributed by atoms with Gasteiger partial charge in [-0.05, 0) is 37.4 Å². The van der Waals surface area contributed by atoms with Crippen LogP contribution in [0.3, 0.4) is 0 Å². The molecule has 0 amide bonds. The van der Waals surface area contributed by atoms with E-state index in [0.29, 0.717) is 6.04 Å². The van der Waals surface area contributed by atoms with E-state index in [1.54, 1.807) is 12.1 Å². The summed E-state index contributed by atoms with van der Waals surface area (Å²) < 4.78 is 0. The van der Waals surface area contributed by atoms with E-state index in [2.05, 4.69) is 5.32 Å². The van der Waals surface area contributed by atoms with Gasteiger partial charge in [0.1, 0.15) is 0 Å². The molecule has 0 bridgehead atoms. The maximum Gasteiger partial charge on any atom is 0.176 e. The highest BCUT2D eigenvalue weighted by Crippen LogP contribution is 2.36. The molecule has 1 unspecified atom stereocenters. The van der Waals surface area contributed by atoms with E-state index in [9.17, 15) is 10.2 Å². The summed E-state index contributed by atoms with van der Waals surface area (Å²) in [7, 11) is 0. The number of phenols is 2. The maximum absolute atomic E-state index is 9.75. The molecule has 1 heterocycles. The minimum atomic E-state index is -0.213. The smallest absolute Gasteiger partial charge is 0.176 e. The molecule has 2 rings (SSSR count). The lowest BCUT2D eigenvalue weighted by atomic mass is 9.97. The molecule has 0 saturated carbocycles. The van der Waals surface area contributed by atoms with Gasteiger partial charge in [-0.2, -0.15) is 0 Å². The van der Waals surface area contributed by atoms with E-state index >= 15 is 0 Å². The Balaban J connectivity index is 2.11. The highest BCUT2D eigenvalue weighted by Gasteiger charge is 2.17. The summed E-state index contributed by atoms with van der Waals surface area (Å²) in [5, 5.41) is 22.9. The highest BCUT2D eigenvalue weighted by molar-refractivity contribution is 6.32. The molecule has 1 aromatic carbocycles. The first kappa shape index (κ1) is 11.6. The standard InChI is InChI=1S/C12H16ClNO2/c13-10-5-4-8(11(15)12(10)16)7-9-3-1-2-6-14-9/h4-5,9,14-16H,1-3,6-7H2. The molecule has 0 aliphatic carbocycles. The van der Waals surface area contributed by atoms with Crippen molar-refractivity contribution in [2.75, 3.05) is 6.54 Å². The van der Waals surface area contributed by atoms with E-state index in [1.807, 2.05) is 0 Å². The van der Waals surface area contributed by atoms with Crippen molar-refractivity contribution in [3.8, 4) is 11.5 Å². The van der Waals surface area contributed by atoms with Gasteiger partial charge in [-0.3, -0.25) is 0 Å². The number of benzene rings is 1. The van der Waals surface area contributed by atoms with Crippen molar-refractivity contribution in [2.45, 2.75) is 31.7 Å². The monoisotopic (exact) mass is 241 g/mol. The van der Waals surface area contributed by atoms with Crippen LogP contribution in [-0.2, 0) is 6.42 Å². The molecule has 1 saturated heterocycles. The zero-order chi connectivity index (χ0) is 11.5. The van der Waals surface area contributed by atoms with Crippen LogP contribution in [0.1, 0.15) is 24.8 Å². The lowest BCUT2D eigenvalue weighted by Gasteiger charge is -2.23. The molecule has 0 radical (unpaired) electrons. The number of phenolic OH excluding ortho intramolecular Hbond substituents is 2. The van der Waals surface area contributed by atoms with Crippen LogP contribution in [0.2, 0.25) is 5.02 Å². The van der Waals surface area contributed by atoms with Crippen molar-refractivity contribution in [1.29, 1.82) is 0 Å². The average Bonchev–Trinajstić information content (AvgIpc) is 2.31. The van der Waals surface area contributed by atoms with Crippen molar-refractivity contribution < 1.29 is 10.2 Å². The Bertz CT molecular complexity index is 376. The molecule has 4 heteroatoms. The molecule has 3 nitrogen and oxygen atoms in total. The van der Waals surface area contributed by atoms with Crippen LogP contribution in [0, 0.1) is 0 Å². The van der Waals surface area contributed by atoms with Gasteiger partial charge in [0.25, 0.3) is 0 Å². The highest BCUT2D eigenvalue weighted by atomic mass is 35.5. The van der Waals surface area contributed by atoms with Gasteiger partial charge in [0.05, 0.1) is 5.02 Å². The largest absolute Gasteiger partial charge is 0.504 e. The SMILES string of the molecule is Oc1c(Cl)ccc(CC2CCCCN2)c1O. The molecule has 0 spiro atoms. The molecule has 0 aromatic heterocycles. The van der Waals surface area contributed by atoms with Crippen LogP contribution in [0.25, 0.3) is 0 Å².